The zero-order valence-corrected chi connectivity index (χ0v) is 16.6. The molecule has 5 nitrogen and oxygen atoms in total. The highest BCUT2D eigenvalue weighted by Crippen LogP contribution is 2.11. The monoisotopic (exact) mass is 429 g/mol. The SMILES string of the molecule is CCNC(=NCCCn1cnc2ccccc21)NC(C)CC.I. The third-order valence-electron chi connectivity index (χ3n) is 3.69. The van der Waals surface area contributed by atoms with Crippen LogP contribution in [-0.2, 0) is 6.54 Å². The van der Waals surface area contributed by atoms with Gasteiger partial charge in [-0.25, -0.2) is 4.98 Å². The Morgan fingerprint density at radius 3 is 2.83 bits per heavy atom. The second-order valence-corrected chi connectivity index (χ2v) is 5.49. The van der Waals surface area contributed by atoms with Gasteiger partial charge in [0, 0.05) is 25.7 Å². The van der Waals surface area contributed by atoms with Crippen molar-refractivity contribution in [1.29, 1.82) is 0 Å². The number of para-hydroxylation sites is 2. The van der Waals surface area contributed by atoms with Gasteiger partial charge in [0.25, 0.3) is 0 Å². The Morgan fingerprint density at radius 1 is 1.30 bits per heavy atom. The minimum Gasteiger partial charge on any atom is -0.357 e. The molecule has 0 saturated carbocycles. The molecule has 0 fully saturated rings. The summed E-state index contributed by atoms with van der Waals surface area (Å²) in [5, 5.41) is 6.70. The van der Waals surface area contributed by atoms with Crippen molar-refractivity contribution in [2.75, 3.05) is 13.1 Å². The summed E-state index contributed by atoms with van der Waals surface area (Å²) in [6.07, 6.45) is 4.00. The van der Waals surface area contributed by atoms with Crippen molar-refractivity contribution in [3.8, 4) is 0 Å². The van der Waals surface area contributed by atoms with Crippen LogP contribution in [0.4, 0.5) is 0 Å². The van der Waals surface area contributed by atoms with E-state index in [1.54, 1.807) is 0 Å². The number of hydrogen-bond acceptors (Lipinski definition) is 2. The molecule has 2 aromatic rings. The molecule has 1 heterocycles. The Balaban J connectivity index is 0.00000264. The molecule has 0 aliphatic rings. The summed E-state index contributed by atoms with van der Waals surface area (Å²) in [6, 6.07) is 8.67. The van der Waals surface area contributed by atoms with Crippen LogP contribution < -0.4 is 10.6 Å². The highest BCUT2D eigenvalue weighted by atomic mass is 127. The minimum atomic E-state index is 0. The van der Waals surface area contributed by atoms with Crippen LogP contribution in [0.3, 0.4) is 0 Å². The molecule has 2 N–H and O–H groups in total. The lowest BCUT2D eigenvalue weighted by molar-refractivity contribution is 0.618. The summed E-state index contributed by atoms with van der Waals surface area (Å²) in [5.41, 5.74) is 2.24. The Morgan fingerprint density at radius 2 is 2.09 bits per heavy atom. The summed E-state index contributed by atoms with van der Waals surface area (Å²) in [5.74, 6) is 0.910. The van der Waals surface area contributed by atoms with Crippen molar-refractivity contribution in [1.82, 2.24) is 20.2 Å². The molecule has 23 heavy (non-hydrogen) atoms. The Hall–Kier alpha value is -1.31. The van der Waals surface area contributed by atoms with Crippen LogP contribution in [0.2, 0.25) is 0 Å². The first-order chi connectivity index (χ1) is 10.7. The quantitative estimate of drug-likeness (QED) is 0.307. The third-order valence-corrected chi connectivity index (χ3v) is 3.69. The third kappa shape index (κ3) is 6.01. The first-order valence-electron chi connectivity index (χ1n) is 8.19. The molecule has 0 aliphatic heterocycles. The summed E-state index contributed by atoms with van der Waals surface area (Å²) >= 11 is 0. The van der Waals surface area contributed by atoms with Crippen molar-refractivity contribution in [3.05, 3.63) is 30.6 Å². The first kappa shape index (κ1) is 19.7. The predicted octanol–water partition coefficient (Wildman–Crippen LogP) is 3.40. The Bertz CT molecular complexity index is 608. The molecule has 1 unspecified atom stereocenters. The van der Waals surface area contributed by atoms with Crippen LogP contribution in [-0.4, -0.2) is 34.6 Å². The van der Waals surface area contributed by atoms with Crippen LogP contribution in [0.25, 0.3) is 11.0 Å². The minimum absolute atomic E-state index is 0. The molecule has 128 valence electrons. The van der Waals surface area contributed by atoms with E-state index < -0.39 is 0 Å². The molecule has 0 radical (unpaired) electrons. The second-order valence-electron chi connectivity index (χ2n) is 5.49. The lowest BCUT2D eigenvalue weighted by Gasteiger charge is -2.16. The zero-order valence-electron chi connectivity index (χ0n) is 14.2. The van der Waals surface area contributed by atoms with E-state index in [4.69, 9.17) is 0 Å². The Kier molecular flexibility index (Phi) is 8.98. The maximum Gasteiger partial charge on any atom is 0.191 e. The number of benzene rings is 1. The van der Waals surface area contributed by atoms with Gasteiger partial charge in [0.05, 0.1) is 17.4 Å². The van der Waals surface area contributed by atoms with Crippen LogP contribution in [0, 0.1) is 0 Å². The number of nitrogens with one attached hydrogen (secondary N) is 2. The largest absolute Gasteiger partial charge is 0.357 e. The van der Waals surface area contributed by atoms with E-state index in [0.717, 1.165) is 44.0 Å². The van der Waals surface area contributed by atoms with Crippen LogP contribution >= 0.6 is 24.0 Å². The van der Waals surface area contributed by atoms with Crippen molar-refractivity contribution in [3.63, 3.8) is 0 Å². The van der Waals surface area contributed by atoms with Gasteiger partial charge in [-0.15, -0.1) is 24.0 Å². The number of hydrogen-bond donors (Lipinski definition) is 2. The molecule has 1 atom stereocenters. The second kappa shape index (κ2) is 10.5. The van der Waals surface area contributed by atoms with Gasteiger partial charge in [0.2, 0.25) is 0 Å². The molecule has 1 aromatic heterocycles. The van der Waals surface area contributed by atoms with Crippen molar-refractivity contribution in [2.24, 2.45) is 4.99 Å². The fourth-order valence-corrected chi connectivity index (χ4v) is 2.28. The molecule has 0 bridgehead atoms. The lowest BCUT2D eigenvalue weighted by Crippen LogP contribution is -2.42. The summed E-state index contributed by atoms with van der Waals surface area (Å²) in [7, 11) is 0. The van der Waals surface area contributed by atoms with E-state index in [1.165, 1.54) is 5.52 Å². The number of imidazole rings is 1. The van der Waals surface area contributed by atoms with Gasteiger partial charge in [-0.2, -0.15) is 0 Å². The van der Waals surface area contributed by atoms with E-state index in [-0.39, 0.29) is 24.0 Å². The van der Waals surface area contributed by atoms with E-state index in [2.05, 4.69) is 58.1 Å². The number of aromatic nitrogens is 2. The molecule has 0 spiro atoms. The molecule has 6 heteroatoms. The smallest absolute Gasteiger partial charge is 0.191 e. The van der Waals surface area contributed by atoms with Gasteiger partial charge < -0.3 is 15.2 Å². The standard InChI is InChI=1S/C17H27N5.HI/c1-4-14(3)21-17(18-5-2)19-11-8-12-22-13-20-15-9-6-7-10-16(15)22;/h6-7,9-10,13-14H,4-5,8,11-12H2,1-3H3,(H2,18,19,21);1H. The molecule has 0 aliphatic carbocycles. The van der Waals surface area contributed by atoms with Gasteiger partial charge in [0.15, 0.2) is 5.96 Å². The van der Waals surface area contributed by atoms with Gasteiger partial charge >= 0.3 is 0 Å². The van der Waals surface area contributed by atoms with Crippen LogP contribution in [0.15, 0.2) is 35.6 Å². The Labute approximate surface area is 156 Å². The first-order valence-corrected chi connectivity index (χ1v) is 8.19. The fourth-order valence-electron chi connectivity index (χ4n) is 2.28. The number of aryl methyl sites for hydroxylation is 1. The van der Waals surface area contributed by atoms with Gasteiger partial charge in [-0.1, -0.05) is 19.1 Å². The molecule has 1 aromatic carbocycles. The highest BCUT2D eigenvalue weighted by molar-refractivity contribution is 14.0. The van der Waals surface area contributed by atoms with Crippen molar-refractivity contribution < 1.29 is 0 Å². The molecule has 2 rings (SSSR count). The average Bonchev–Trinajstić information content (AvgIpc) is 2.95. The van der Waals surface area contributed by atoms with Crippen LogP contribution in [0.1, 0.15) is 33.6 Å². The van der Waals surface area contributed by atoms with E-state index in [0.29, 0.717) is 6.04 Å². The number of halogens is 1. The van der Waals surface area contributed by atoms with Gasteiger partial charge in [0.1, 0.15) is 0 Å². The molecule has 0 saturated heterocycles. The van der Waals surface area contributed by atoms with E-state index in [1.807, 2.05) is 18.5 Å². The zero-order chi connectivity index (χ0) is 15.8. The lowest BCUT2D eigenvalue weighted by atomic mass is 10.3. The maximum atomic E-state index is 4.64. The molecular weight excluding hydrogens is 401 g/mol. The van der Waals surface area contributed by atoms with Crippen LogP contribution in [0.5, 0.6) is 0 Å². The number of guanidine groups is 1. The molecular formula is C17H28IN5. The fraction of sp³-hybridized carbons (Fsp3) is 0.529. The number of aliphatic imine (C=N–C) groups is 1. The van der Waals surface area contributed by atoms with E-state index >= 15 is 0 Å². The maximum absolute atomic E-state index is 4.64. The van der Waals surface area contributed by atoms with Gasteiger partial charge in [-0.05, 0) is 38.8 Å². The van der Waals surface area contributed by atoms with Gasteiger partial charge in [-0.3, -0.25) is 4.99 Å². The number of nitrogens with zero attached hydrogens (tertiary/aromatic N) is 3. The summed E-state index contributed by atoms with van der Waals surface area (Å²) in [4.78, 5) is 9.06. The molecule has 0 amide bonds. The predicted molar refractivity (Wildman–Crippen MR) is 109 cm³/mol. The number of fused-ring (bicyclic) bond motifs is 1. The number of rotatable bonds is 7. The normalized spacial score (nSPS) is 12.7. The van der Waals surface area contributed by atoms with Crippen molar-refractivity contribution in [2.45, 2.75) is 46.2 Å². The van der Waals surface area contributed by atoms with Crippen molar-refractivity contribution >= 4 is 41.0 Å². The van der Waals surface area contributed by atoms with E-state index in [9.17, 15) is 0 Å². The average molecular weight is 429 g/mol. The highest BCUT2D eigenvalue weighted by Gasteiger charge is 2.03. The topological polar surface area (TPSA) is 54.2 Å². The summed E-state index contributed by atoms with van der Waals surface area (Å²) < 4.78 is 2.19. The summed E-state index contributed by atoms with van der Waals surface area (Å²) in [6.45, 7) is 9.06.